The first kappa shape index (κ1) is 12.3. The Bertz CT molecular complexity index is 376. The summed E-state index contributed by atoms with van der Waals surface area (Å²) >= 11 is 0. The van der Waals surface area contributed by atoms with Crippen molar-refractivity contribution in [3.63, 3.8) is 0 Å². The second-order valence-electron chi connectivity index (χ2n) is 3.67. The second-order valence-corrected chi connectivity index (χ2v) is 3.67. The van der Waals surface area contributed by atoms with Gasteiger partial charge in [-0.1, -0.05) is 43.7 Å². The molecule has 0 aliphatic carbocycles. The highest BCUT2D eigenvalue weighted by Crippen LogP contribution is 2.22. The van der Waals surface area contributed by atoms with Crippen LogP contribution in [-0.2, 0) is 0 Å². The number of nitrogens with zero attached hydrogens (tertiary/aromatic N) is 2. The van der Waals surface area contributed by atoms with Crippen LogP contribution in [0.25, 0.3) is 0 Å². The van der Waals surface area contributed by atoms with E-state index in [1.54, 1.807) is 0 Å². The molecular formula is C13H17N3. The van der Waals surface area contributed by atoms with Crippen molar-refractivity contribution in [3.8, 4) is 6.19 Å². The fourth-order valence-electron chi connectivity index (χ4n) is 1.60. The van der Waals surface area contributed by atoms with Gasteiger partial charge in [0.05, 0.1) is 6.04 Å². The van der Waals surface area contributed by atoms with Gasteiger partial charge in [0.2, 0.25) is 0 Å². The summed E-state index contributed by atoms with van der Waals surface area (Å²) in [7, 11) is 0. The fraction of sp³-hybridized carbons (Fsp3) is 0.385. The summed E-state index contributed by atoms with van der Waals surface area (Å²) in [6.45, 7) is 3.95. The van der Waals surface area contributed by atoms with E-state index in [0.29, 0.717) is 5.84 Å². The van der Waals surface area contributed by atoms with Gasteiger partial charge >= 0.3 is 0 Å². The zero-order valence-corrected chi connectivity index (χ0v) is 9.77. The summed E-state index contributed by atoms with van der Waals surface area (Å²) in [6.07, 6.45) is 3.95. The number of hydrogen-bond acceptors (Lipinski definition) is 2. The predicted molar refractivity (Wildman–Crippen MR) is 65.9 cm³/mol. The van der Waals surface area contributed by atoms with E-state index in [9.17, 15) is 0 Å². The molecule has 1 atom stereocenters. The van der Waals surface area contributed by atoms with Gasteiger partial charge in [-0.3, -0.25) is 10.3 Å². The lowest BCUT2D eigenvalue weighted by Crippen LogP contribution is -2.14. The molecule has 1 N–H and O–H groups in total. The number of nitrogens with one attached hydrogen (secondary N) is 1. The van der Waals surface area contributed by atoms with Crippen LogP contribution >= 0.6 is 0 Å². The summed E-state index contributed by atoms with van der Waals surface area (Å²) < 4.78 is 0. The molecule has 0 radical (unpaired) electrons. The molecule has 0 heterocycles. The smallest absolute Gasteiger partial charge is 0.182 e. The Balaban J connectivity index is 2.84. The third kappa shape index (κ3) is 3.74. The average Bonchev–Trinajstić information content (AvgIpc) is 2.30. The van der Waals surface area contributed by atoms with E-state index in [4.69, 9.17) is 5.26 Å². The topological polar surface area (TPSA) is 48.2 Å². The molecular weight excluding hydrogens is 198 g/mol. The summed E-state index contributed by atoms with van der Waals surface area (Å²) in [5.41, 5.74) is 1.20. The first-order chi connectivity index (χ1) is 7.77. The van der Waals surface area contributed by atoms with Crippen molar-refractivity contribution in [2.75, 3.05) is 0 Å². The zero-order chi connectivity index (χ0) is 11.8. The van der Waals surface area contributed by atoms with Gasteiger partial charge in [-0.2, -0.15) is 5.26 Å². The molecule has 0 amide bonds. The van der Waals surface area contributed by atoms with E-state index in [0.717, 1.165) is 12.8 Å². The minimum atomic E-state index is 0.145. The van der Waals surface area contributed by atoms with Crippen molar-refractivity contribution >= 4 is 5.84 Å². The number of rotatable bonds is 4. The molecule has 0 aliphatic heterocycles. The van der Waals surface area contributed by atoms with E-state index in [-0.39, 0.29) is 6.04 Å². The number of hydrogen-bond donors (Lipinski definition) is 1. The Morgan fingerprint density at radius 2 is 2.12 bits per heavy atom. The SMILES string of the molecule is CCC[C@@H](N=C(C)NC#N)c1ccccc1. The minimum absolute atomic E-state index is 0.145. The van der Waals surface area contributed by atoms with Crippen LogP contribution in [-0.4, -0.2) is 5.84 Å². The molecule has 84 valence electrons. The second kappa shape index (κ2) is 6.62. The van der Waals surface area contributed by atoms with E-state index in [2.05, 4.69) is 29.4 Å². The van der Waals surface area contributed by atoms with Crippen molar-refractivity contribution in [2.45, 2.75) is 32.7 Å². The van der Waals surface area contributed by atoms with E-state index >= 15 is 0 Å². The molecule has 0 fully saturated rings. The molecule has 1 aromatic rings. The van der Waals surface area contributed by atoms with Crippen molar-refractivity contribution in [1.29, 1.82) is 5.26 Å². The maximum atomic E-state index is 8.51. The Labute approximate surface area is 96.8 Å². The first-order valence-electron chi connectivity index (χ1n) is 5.52. The molecule has 0 aliphatic rings. The molecule has 0 aromatic heterocycles. The van der Waals surface area contributed by atoms with Crippen LogP contribution < -0.4 is 5.32 Å². The quantitative estimate of drug-likeness (QED) is 0.363. The molecule has 0 spiro atoms. The maximum Gasteiger partial charge on any atom is 0.182 e. The van der Waals surface area contributed by atoms with Crippen LogP contribution in [0.5, 0.6) is 0 Å². The van der Waals surface area contributed by atoms with Crippen molar-refractivity contribution in [2.24, 2.45) is 4.99 Å². The first-order valence-corrected chi connectivity index (χ1v) is 5.52. The van der Waals surface area contributed by atoms with Crippen LogP contribution in [0.4, 0.5) is 0 Å². The molecule has 3 heteroatoms. The highest BCUT2D eigenvalue weighted by Gasteiger charge is 2.08. The molecule has 16 heavy (non-hydrogen) atoms. The van der Waals surface area contributed by atoms with Gasteiger partial charge in [0.25, 0.3) is 0 Å². The summed E-state index contributed by atoms with van der Waals surface area (Å²) in [6, 6.07) is 10.3. The van der Waals surface area contributed by atoms with Crippen LogP contribution in [0.2, 0.25) is 0 Å². The third-order valence-corrected chi connectivity index (χ3v) is 2.33. The molecule has 0 saturated heterocycles. The maximum absolute atomic E-state index is 8.51. The van der Waals surface area contributed by atoms with Crippen molar-refractivity contribution in [3.05, 3.63) is 35.9 Å². The Morgan fingerprint density at radius 3 is 2.69 bits per heavy atom. The standard InChI is InChI=1S/C13H17N3/c1-3-7-13(16-11(2)15-10-14)12-8-5-4-6-9-12/h4-6,8-9,13H,3,7H2,1-2H3,(H,15,16)/t13-/m1/s1. The lowest BCUT2D eigenvalue weighted by atomic mass is 10.0. The van der Waals surface area contributed by atoms with Gasteiger partial charge in [0.1, 0.15) is 5.84 Å². The van der Waals surface area contributed by atoms with Gasteiger partial charge in [-0.25, -0.2) is 0 Å². The number of aliphatic imine (C=N–C) groups is 1. The highest BCUT2D eigenvalue weighted by atomic mass is 15.0. The predicted octanol–water partition coefficient (Wildman–Crippen LogP) is 3.02. The molecule has 0 saturated carbocycles. The lowest BCUT2D eigenvalue weighted by Gasteiger charge is -2.12. The average molecular weight is 215 g/mol. The molecule has 3 nitrogen and oxygen atoms in total. The van der Waals surface area contributed by atoms with Gasteiger partial charge in [-0.05, 0) is 18.9 Å². The van der Waals surface area contributed by atoms with Gasteiger partial charge < -0.3 is 0 Å². The third-order valence-electron chi connectivity index (χ3n) is 2.33. The Hall–Kier alpha value is -1.82. The molecule has 0 unspecified atom stereocenters. The van der Waals surface area contributed by atoms with E-state index in [1.165, 1.54) is 5.56 Å². The van der Waals surface area contributed by atoms with Crippen LogP contribution in [0, 0.1) is 11.5 Å². The van der Waals surface area contributed by atoms with Crippen molar-refractivity contribution in [1.82, 2.24) is 5.32 Å². The Kier molecular flexibility index (Phi) is 5.07. The molecule has 1 rings (SSSR count). The summed E-state index contributed by atoms with van der Waals surface area (Å²) in [5.74, 6) is 0.671. The minimum Gasteiger partial charge on any atom is -0.281 e. The summed E-state index contributed by atoms with van der Waals surface area (Å²) in [4.78, 5) is 4.51. The van der Waals surface area contributed by atoms with Crippen LogP contribution in [0.1, 0.15) is 38.3 Å². The monoisotopic (exact) mass is 215 g/mol. The number of amidine groups is 1. The molecule has 0 bridgehead atoms. The normalized spacial score (nSPS) is 12.9. The summed E-state index contributed by atoms with van der Waals surface area (Å²) in [5, 5.41) is 11.1. The largest absolute Gasteiger partial charge is 0.281 e. The van der Waals surface area contributed by atoms with Crippen molar-refractivity contribution < 1.29 is 0 Å². The van der Waals surface area contributed by atoms with Gasteiger partial charge in [0.15, 0.2) is 6.19 Å². The van der Waals surface area contributed by atoms with Gasteiger partial charge in [-0.15, -0.1) is 0 Å². The van der Waals surface area contributed by atoms with Gasteiger partial charge in [0, 0.05) is 0 Å². The Morgan fingerprint density at radius 1 is 1.44 bits per heavy atom. The fourth-order valence-corrected chi connectivity index (χ4v) is 1.60. The number of benzene rings is 1. The zero-order valence-electron chi connectivity index (χ0n) is 9.77. The molecule has 1 aromatic carbocycles. The van der Waals surface area contributed by atoms with E-state index in [1.807, 2.05) is 31.3 Å². The number of nitriles is 1. The van der Waals surface area contributed by atoms with E-state index < -0.39 is 0 Å². The highest BCUT2D eigenvalue weighted by molar-refractivity contribution is 5.81. The van der Waals surface area contributed by atoms with Crippen LogP contribution in [0.3, 0.4) is 0 Å². The van der Waals surface area contributed by atoms with Crippen LogP contribution in [0.15, 0.2) is 35.3 Å². The lowest BCUT2D eigenvalue weighted by molar-refractivity contribution is 0.638.